The van der Waals surface area contributed by atoms with Crippen LogP contribution in [0.2, 0.25) is 0 Å². The summed E-state index contributed by atoms with van der Waals surface area (Å²) in [7, 11) is 1.57. The van der Waals surface area contributed by atoms with Gasteiger partial charge in [0.25, 0.3) is 0 Å². The summed E-state index contributed by atoms with van der Waals surface area (Å²) in [5, 5.41) is 11.3. The van der Waals surface area contributed by atoms with Gasteiger partial charge >= 0.3 is 0 Å². The second-order valence-electron chi connectivity index (χ2n) is 3.55. The van der Waals surface area contributed by atoms with Crippen molar-refractivity contribution in [3.05, 3.63) is 44.1 Å². The van der Waals surface area contributed by atoms with Gasteiger partial charge in [0, 0.05) is 19.8 Å². The minimum Gasteiger partial charge on any atom is -0.480 e. The normalized spacial score (nSPS) is 10.2. The summed E-state index contributed by atoms with van der Waals surface area (Å²) in [5.74, 6) is 0.524. The van der Waals surface area contributed by atoms with Gasteiger partial charge in [-0.3, -0.25) is 0 Å². The highest BCUT2D eigenvalue weighted by Crippen LogP contribution is 2.23. The third kappa shape index (κ3) is 3.55. The second kappa shape index (κ2) is 6.33. The number of halogens is 2. The van der Waals surface area contributed by atoms with Crippen LogP contribution in [0.3, 0.4) is 0 Å². The maximum atomic E-state index is 4.96. The van der Waals surface area contributed by atoms with Crippen molar-refractivity contribution in [1.29, 1.82) is 0 Å². The zero-order valence-electron chi connectivity index (χ0n) is 9.65. The van der Waals surface area contributed by atoms with Gasteiger partial charge in [0.15, 0.2) is 0 Å². The van der Waals surface area contributed by atoms with E-state index in [1.807, 2.05) is 24.3 Å². The molecule has 0 aliphatic heterocycles. The third-order valence-electron chi connectivity index (χ3n) is 2.30. The number of hydrogen-bond acceptors (Lipinski definition) is 4. The minimum atomic E-state index is 0.524. The van der Waals surface area contributed by atoms with Crippen LogP contribution >= 0.6 is 38.5 Å². The van der Waals surface area contributed by atoms with Crippen LogP contribution in [0.1, 0.15) is 5.69 Å². The molecule has 1 N–H and O–H groups in total. The number of hydrogen-bond donors (Lipinski definition) is 1. The summed E-state index contributed by atoms with van der Waals surface area (Å²) in [4.78, 5) is 0. The molecule has 1 heterocycles. The number of nitrogens with zero attached hydrogens (tertiary/aromatic N) is 2. The van der Waals surface area contributed by atoms with Crippen molar-refractivity contribution in [3.8, 4) is 5.88 Å². The number of anilines is 1. The van der Waals surface area contributed by atoms with Crippen LogP contribution in [0.5, 0.6) is 5.88 Å². The Hall–Kier alpha value is -0.890. The summed E-state index contributed by atoms with van der Waals surface area (Å²) in [6.45, 7) is 0.629. The number of rotatable bonds is 4. The summed E-state index contributed by atoms with van der Waals surface area (Å²) in [5.41, 5.74) is 1.91. The first-order chi connectivity index (χ1) is 8.69. The zero-order chi connectivity index (χ0) is 13.0. The zero-order valence-corrected chi connectivity index (χ0v) is 13.4. The van der Waals surface area contributed by atoms with Crippen molar-refractivity contribution < 1.29 is 4.74 Å². The number of aromatic nitrogens is 2. The molecule has 18 heavy (non-hydrogen) atoms. The van der Waals surface area contributed by atoms with Crippen LogP contribution in [0.15, 0.2) is 34.8 Å². The molecule has 94 valence electrons. The molecular formula is C12H11BrIN3O. The van der Waals surface area contributed by atoms with Gasteiger partial charge in [-0.25, -0.2) is 0 Å². The maximum Gasteiger partial charge on any atom is 0.233 e. The van der Waals surface area contributed by atoms with Gasteiger partial charge in [0.2, 0.25) is 5.88 Å². The monoisotopic (exact) mass is 419 g/mol. The fraction of sp³-hybridized carbons (Fsp3) is 0.167. The molecule has 0 atom stereocenters. The first-order valence-corrected chi connectivity index (χ1v) is 7.12. The molecule has 0 unspecified atom stereocenters. The molecule has 0 spiro atoms. The molecule has 0 saturated heterocycles. The molecule has 0 amide bonds. The van der Waals surface area contributed by atoms with E-state index in [0.717, 1.165) is 15.9 Å². The Bertz CT molecular complexity index is 533. The SMILES string of the molecule is COc1ccc(CNc2ccc(I)c(Br)c2)nn1. The number of nitrogens with one attached hydrogen (secondary N) is 1. The van der Waals surface area contributed by atoms with Gasteiger partial charge in [-0.1, -0.05) is 0 Å². The molecule has 6 heteroatoms. The van der Waals surface area contributed by atoms with Crippen molar-refractivity contribution in [1.82, 2.24) is 10.2 Å². The van der Waals surface area contributed by atoms with E-state index in [1.54, 1.807) is 13.2 Å². The van der Waals surface area contributed by atoms with Crippen LogP contribution < -0.4 is 10.1 Å². The summed E-state index contributed by atoms with van der Waals surface area (Å²) >= 11 is 5.78. The molecule has 2 rings (SSSR count). The highest BCUT2D eigenvalue weighted by Gasteiger charge is 2.00. The molecule has 0 fully saturated rings. The first kappa shape index (κ1) is 13.5. The van der Waals surface area contributed by atoms with E-state index in [9.17, 15) is 0 Å². The Kier molecular flexibility index (Phi) is 4.76. The van der Waals surface area contributed by atoms with Crippen molar-refractivity contribution in [2.75, 3.05) is 12.4 Å². The van der Waals surface area contributed by atoms with Crippen molar-refractivity contribution in [2.24, 2.45) is 0 Å². The van der Waals surface area contributed by atoms with Crippen LogP contribution in [0, 0.1) is 3.57 Å². The quantitative estimate of drug-likeness (QED) is 0.771. The topological polar surface area (TPSA) is 47.0 Å². The Morgan fingerprint density at radius 1 is 1.28 bits per heavy atom. The smallest absolute Gasteiger partial charge is 0.233 e. The minimum absolute atomic E-state index is 0.524. The molecule has 0 saturated carbocycles. The van der Waals surface area contributed by atoms with E-state index < -0.39 is 0 Å². The van der Waals surface area contributed by atoms with Gasteiger partial charge in [0.1, 0.15) is 0 Å². The molecule has 0 aliphatic rings. The third-order valence-corrected chi connectivity index (χ3v) is 4.64. The van der Waals surface area contributed by atoms with Crippen molar-refractivity contribution in [2.45, 2.75) is 6.54 Å². The molecule has 2 aromatic rings. The van der Waals surface area contributed by atoms with Crippen molar-refractivity contribution in [3.63, 3.8) is 0 Å². The lowest BCUT2D eigenvalue weighted by Gasteiger charge is -2.07. The van der Waals surface area contributed by atoms with Crippen LogP contribution in [0.25, 0.3) is 0 Å². The average molecular weight is 420 g/mol. The molecule has 0 radical (unpaired) electrons. The summed E-state index contributed by atoms with van der Waals surface area (Å²) in [6, 6.07) is 9.81. The predicted octanol–water partition coefficient (Wildman–Crippen LogP) is 3.46. The number of benzene rings is 1. The van der Waals surface area contributed by atoms with E-state index in [0.29, 0.717) is 12.4 Å². The molecule has 1 aromatic carbocycles. The second-order valence-corrected chi connectivity index (χ2v) is 5.57. The highest BCUT2D eigenvalue weighted by molar-refractivity contribution is 14.1. The van der Waals surface area contributed by atoms with Gasteiger partial charge in [0.05, 0.1) is 19.3 Å². The number of ether oxygens (including phenoxy) is 1. The van der Waals surface area contributed by atoms with Crippen molar-refractivity contribution >= 4 is 44.2 Å². The fourth-order valence-corrected chi connectivity index (χ4v) is 2.06. The van der Waals surface area contributed by atoms with Crippen LogP contribution in [0.4, 0.5) is 5.69 Å². The summed E-state index contributed by atoms with van der Waals surface area (Å²) in [6.07, 6.45) is 0. The average Bonchev–Trinajstić information content (AvgIpc) is 2.41. The fourth-order valence-electron chi connectivity index (χ4n) is 1.35. The molecule has 0 bridgehead atoms. The van der Waals surface area contributed by atoms with E-state index in [2.05, 4.69) is 54.0 Å². The van der Waals surface area contributed by atoms with Gasteiger partial charge in [-0.2, -0.15) is 5.10 Å². The lowest BCUT2D eigenvalue weighted by atomic mass is 10.3. The Morgan fingerprint density at radius 2 is 2.11 bits per heavy atom. The lowest BCUT2D eigenvalue weighted by Crippen LogP contribution is -2.03. The van der Waals surface area contributed by atoms with Gasteiger partial charge in [-0.05, 0) is 62.8 Å². The van der Waals surface area contributed by atoms with Crippen LogP contribution in [-0.4, -0.2) is 17.3 Å². The van der Waals surface area contributed by atoms with E-state index in [4.69, 9.17) is 4.74 Å². The van der Waals surface area contributed by atoms with Gasteiger partial charge < -0.3 is 10.1 Å². The standard InChI is InChI=1S/C12H11BrIN3O/c1-18-12-5-3-9(16-17-12)7-15-8-2-4-11(14)10(13)6-8/h2-6,15H,7H2,1H3. The molecular weight excluding hydrogens is 409 g/mol. The lowest BCUT2D eigenvalue weighted by molar-refractivity contribution is 0.391. The Balaban J connectivity index is 1.99. The van der Waals surface area contributed by atoms with E-state index in [1.165, 1.54) is 3.57 Å². The van der Waals surface area contributed by atoms with E-state index >= 15 is 0 Å². The summed E-state index contributed by atoms with van der Waals surface area (Å²) < 4.78 is 7.22. The highest BCUT2D eigenvalue weighted by atomic mass is 127. The Morgan fingerprint density at radius 3 is 2.72 bits per heavy atom. The molecule has 1 aromatic heterocycles. The predicted molar refractivity (Wildman–Crippen MR) is 82.8 cm³/mol. The largest absolute Gasteiger partial charge is 0.480 e. The maximum absolute atomic E-state index is 4.96. The first-order valence-electron chi connectivity index (χ1n) is 5.24. The Labute approximate surface area is 127 Å². The van der Waals surface area contributed by atoms with E-state index in [-0.39, 0.29) is 0 Å². The molecule has 4 nitrogen and oxygen atoms in total. The molecule has 0 aliphatic carbocycles. The number of methoxy groups -OCH3 is 1. The van der Waals surface area contributed by atoms with Crippen LogP contribution in [-0.2, 0) is 6.54 Å². The van der Waals surface area contributed by atoms with Gasteiger partial charge in [-0.15, -0.1) is 5.10 Å².